The molecular weight excluding hydrogens is 941 g/mol. The van der Waals surface area contributed by atoms with Gasteiger partial charge in [-0.05, 0) is 113 Å². The van der Waals surface area contributed by atoms with Gasteiger partial charge in [-0.25, -0.2) is 0 Å². The number of aromatic nitrogens is 2. The van der Waals surface area contributed by atoms with E-state index in [9.17, 15) is 0 Å². The van der Waals surface area contributed by atoms with Gasteiger partial charge in [0.25, 0.3) is 0 Å². The standard InChI is InChI=1S/C60H47N2.Ir/c1-37-27-38(2)30-43(29-37)46-16-8-7-15-45(46)42-24-26-56(61-36-42)41-23-25-51(48-18-10-9-17-47(48)44-31-39(3)28-40(4)32-44)58(33-41)62-57-22-14-12-20-50(57)53-34-52-49-19-11-13-21-54(49)60(5,6)55(52)35-59(53)62;/h7-22,24-36H,1-6H3;/q-1;. The maximum Gasteiger partial charge on any atom is 0.0527 e. The number of pyridine rings is 1. The van der Waals surface area contributed by atoms with Gasteiger partial charge >= 0.3 is 0 Å². The van der Waals surface area contributed by atoms with Crippen molar-refractivity contribution in [2.24, 2.45) is 0 Å². The second-order valence-corrected chi connectivity index (χ2v) is 17.9. The van der Waals surface area contributed by atoms with Crippen molar-refractivity contribution in [3.63, 3.8) is 0 Å². The van der Waals surface area contributed by atoms with Crippen molar-refractivity contribution in [3.8, 4) is 72.6 Å². The Morgan fingerprint density at radius 2 is 1.00 bits per heavy atom. The summed E-state index contributed by atoms with van der Waals surface area (Å²) in [6.07, 6.45) is 2.02. The zero-order valence-electron chi connectivity index (χ0n) is 36.5. The van der Waals surface area contributed by atoms with Gasteiger partial charge in [0.2, 0.25) is 0 Å². The first-order chi connectivity index (χ1) is 30.1. The first-order valence-corrected chi connectivity index (χ1v) is 21.7. The Bertz CT molecular complexity index is 3380. The van der Waals surface area contributed by atoms with E-state index < -0.39 is 0 Å². The van der Waals surface area contributed by atoms with Gasteiger partial charge in [0.05, 0.1) is 11.0 Å². The second-order valence-electron chi connectivity index (χ2n) is 17.9. The van der Waals surface area contributed by atoms with Crippen LogP contribution in [0.25, 0.3) is 94.4 Å². The summed E-state index contributed by atoms with van der Waals surface area (Å²) in [5.41, 5.74) is 25.0. The Kier molecular flexibility index (Phi) is 10.0. The molecule has 0 atom stereocenters. The fourth-order valence-corrected chi connectivity index (χ4v) is 10.4. The van der Waals surface area contributed by atoms with Crippen LogP contribution in [0.2, 0.25) is 0 Å². The van der Waals surface area contributed by atoms with Crippen molar-refractivity contribution >= 4 is 21.8 Å². The van der Waals surface area contributed by atoms with E-state index in [1.54, 1.807) is 0 Å². The summed E-state index contributed by atoms with van der Waals surface area (Å²) >= 11 is 0. The van der Waals surface area contributed by atoms with Gasteiger partial charge in [0.15, 0.2) is 0 Å². The Labute approximate surface area is 384 Å². The zero-order chi connectivity index (χ0) is 42.3. The van der Waals surface area contributed by atoms with Crippen LogP contribution >= 0.6 is 0 Å². The van der Waals surface area contributed by atoms with Crippen molar-refractivity contribution < 1.29 is 20.1 Å². The third kappa shape index (κ3) is 6.79. The summed E-state index contributed by atoms with van der Waals surface area (Å²) < 4.78 is 2.50. The molecule has 0 saturated heterocycles. The average Bonchev–Trinajstić information content (AvgIpc) is 3.72. The molecule has 0 bridgehead atoms. The topological polar surface area (TPSA) is 17.8 Å². The van der Waals surface area contributed by atoms with Gasteiger partial charge < -0.3 is 9.55 Å². The van der Waals surface area contributed by atoms with Gasteiger partial charge in [0.1, 0.15) is 0 Å². The van der Waals surface area contributed by atoms with Crippen LogP contribution in [0.4, 0.5) is 0 Å². The minimum absolute atomic E-state index is 0. The Morgan fingerprint density at radius 1 is 0.444 bits per heavy atom. The number of para-hydroxylation sites is 1. The maximum absolute atomic E-state index is 5.18. The molecule has 0 spiro atoms. The van der Waals surface area contributed by atoms with E-state index in [1.807, 2.05) is 6.20 Å². The van der Waals surface area contributed by atoms with E-state index in [1.165, 1.54) is 99.7 Å². The second kappa shape index (κ2) is 15.6. The number of hydrogen-bond donors (Lipinski definition) is 0. The van der Waals surface area contributed by atoms with Crippen LogP contribution in [0.5, 0.6) is 0 Å². The van der Waals surface area contributed by atoms with Crippen LogP contribution < -0.4 is 0 Å². The van der Waals surface area contributed by atoms with Crippen molar-refractivity contribution in [3.05, 3.63) is 216 Å². The zero-order valence-corrected chi connectivity index (χ0v) is 38.9. The van der Waals surface area contributed by atoms with E-state index in [0.29, 0.717) is 0 Å². The molecule has 0 aliphatic heterocycles. The van der Waals surface area contributed by atoms with E-state index in [-0.39, 0.29) is 25.5 Å². The average molecular weight is 988 g/mol. The number of fused-ring (bicyclic) bond motifs is 6. The molecule has 0 fully saturated rings. The molecule has 11 rings (SSSR count). The number of aryl methyl sites for hydroxylation is 4. The Morgan fingerprint density at radius 3 is 1.63 bits per heavy atom. The van der Waals surface area contributed by atoms with Crippen molar-refractivity contribution in [1.29, 1.82) is 0 Å². The van der Waals surface area contributed by atoms with Crippen LogP contribution in [0.3, 0.4) is 0 Å². The molecule has 10 aromatic rings. The quantitative estimate of drug-likeness (QED) is 0.152. The smallest absolute Gasteiger partial charge is 0.0527 e. The fourth-order valence-electron chi connectivity index (χ4n) is 10.4. The van der Waals surface area contributed by atoms with Gasteiger partial charge in [-0.1, -0.05) is 187 Å². The summed E-state index contributed by atoms with van der Waals surface area (Å²) in [7, 11) is 0. The van der Waals surface area contributed by atoms with E-state index >= 15 is 0 Å². The van der Waals surface area contributed by atoms with Crippen LogP contribution in [-0.4, -0.2) is 9.55 Å². The van der Waals surface area contributed by atoms with E-state index in [2.05, 4.69) is 222 Å². The summed E-state index contributed by atoms with van der Waals surface area (Å²) in [6.45, 7) is 13.4. The summed E-state index contributed by atoms with van der Waals surface area (Å²) in [5, 5.41) is 2.49. The minimum atomic E-state index is -0.141. The number of benzene rings is 8. The van der Waals surface area contributed by atoms with Gasteiger partial charge in [0, 0.05) is 42.5 Å². The Hall–Kier alpha value is -6.64. The molecule has 0 saturated carbocycles. The fraction of sp³-hybridized carbons (Fsp3) is 0.117. The molecular formula is C60H47IrN2-. The van der Waals surface area contributed by atoms with Gasteiger partial charge in [-0.3, -0.25) is 0 Å². The molecule has 1 radical (unpaired) electrons. The number of nitrogens with zero attached hydrogens (tertiary/aromatic N) is 2. The van der Waals surface area contributed by atoms with Crippen molar-refractivity contribution in [2.45, 2.75) is 47.0 Å². The third-order valence-corrected chi connectivity index (χ3v) is 13.1. The molecule has 3 heteroatoms. The van der Waals surface area contributed by atoms with Crippen LogP contribution in [0, 0.1) is 33.8 Å². The first kappa shape index (κ1) is 40.4. The molecule has 2 nitrogen and oxygen atoms in total. The van der Waals surface area contributed by atoms with E-state index in [0.717, 1.165) is 28.1 Å². The molecule has 1 aliphatic rings. The molecule has 307 valence electrons. The van der Waals surface area contributed by atoms with E-state index in [4.69, 9.17) is 4.98 Å². The normalized spacial score (nSPS) is 12.6. The van der Waals surface area contributed by atoms with Crippen LogP contribution in [-0.2, 0) is 25.5 Å². The summed E-state index contributed by atoms with van der Waals surface area (Å²) in [6, 6.07) is 66.5. The third-order valence-electron chi connectivity index (χ3n) is 13.1. The van der Waals surface area contributed by atoms with Gasteiger partial charge in [-0.2, -0.15) is 0 Å². The van der Waals surface area contributed by atoms with Crippen molar-refractivity contribution in [1.82, 2.24) is 9.55 Å². The predicted octanol–water partition coefficient (Wildman–Crippen LogP) is 15.9. The molecule has 63 heavy (non-hydrogen) atoms. The van der Waals surface area contributed by atoms with Crippen molar-refractivity contribution in [2.75, 3.05) is 0 Å². The predicted molar refractivity (Wildman–Crippen MR) is 261 cm³/mol. The Balaban J connectivity index is 0.00000471. The number of hydrogen-bond acceptors (Lipinski definition) is 1. The summed E-state index contributed by atoms with van der Waals surface area (Å²) in [5.74, 6) is 0. The molecule has 0 N–H and O–H groups in total. The molecule has 1 aliphatic carbocycles. The summed E-state index contributed by atoms with van der Waals surface area (Å²) in [4.78, 5) is 5.18. The molecule has 2 aromatic heterocycles. The SMILES string of the molecule is Cc1cc(C)cc(-c2ccccc2-c2ccc(-c3[c-]cc(-c4ccccc4-c4cc(C)cc(C)c4)c(-n4c5ccccc5c5cc6c(cc54)C(C)(C)c4ccccc4-6)c3)nc2)c1.[Ir]. The number of rotatable bonds is 6. The van der Waals surface area contributed by atoms with Crippen LogP contribution in [0.1, 0.15) is 47.2 Å². The monoisotopic (exact) mass is 988 g/mol. The minimum Gasteiger partial charge on any atom is -0.326 e. The molecule has 2 heterocycles. The molecule has 8 aromatic carbocycles. The molecule has 0 amide bonds. The molecule has 0 unspecified atom stereocenters. The largest absolute Gasteiger partial charge is 0.326 e. The van der Waals surface area contributed by atoms with Gasteiger partial charge in [-0.15, -0.1) is 23.8 Å². The first-order valence-electron chi connectivity index (χ1n) is 21.7. The maximum atomic E-state index is 5.18. The van der Waals surface area contributed by atoms with Crippen LogP contribution in [0.15, 0.2) is 176 Å².